The monoisotopic (exact) mass is 334 g/mol. The van der Waals surface area contributed by atoms with E-state index >= 15 is 0 Å². The molecule has 1 amide bonds. The van der Waals surface area contributed by atoms with Gasteiger partial charge in [-0.05, 0) is 0 Å². The van der Waals surface area contributed by atoms with Crippen molar-refractivity contribution in [3.8, 4) is 11.8 Å². The van der Waals surface area contributed by atoms with Crippen LogP contribution < -0.4 is 15.8 Å². The second-order valence-corrected chi connectivity index (χ2v) is 5.71. The minimum atomic E-state index is -2.05. The fourth-order valence-electron chi connectivity index (χ4n) is 1.21. The first kappa shape index (κ1) is 16.4. The molecule has 1 rings (SSSR count). The summed E-state index contributed by atoms with van der Waals surface area (Å²) in [5.41, 5.74) is 4.77. The number of ether oxygens (including phenoxy) is 1. The zero-order valence-corrected chi connectivity index (χ0v) is 12.4. The number of pyridine rings is 1. The Hall–Kier alpha value is -1.68. The second kappa shape index (κ2) is 6.66. The fourth-order valence-corrected chi connectivity index (χ4v) is 1.50. The molecule has 0 spiro atoms. The molecule has 6 nitrogen and oxygen atoms in total. The van der Waals surface area contributed by atoms with Crippen LogP contribution in [0.5, 0.6) is 5.75 Å². The normalized spacial score (nSPS) is 12.2. The van der Waals surface area contributed by atoms with Crippen LogP contribution in [0.1, 0.15) is 0 Å². The first-order valence-corrected chi connectivity index (χ1v) is 6.21. The molecular weight excluding hydrogens is 327 g/mol. The largest absolute Gasteiger partial charge is 0.494 e. The zero-order chi connectivity index (χ0) is 15.3. The van der Waals surface area contributed by atoms with Crippen molar-refractivity contribution in [1.29, 1.82) is 5.26 Å². The SMILES string of the molecule is COc1ccncc1NC(=O)/C(C#N)=C(\N)C(Cl)(Cl)Cl. The van der Waals surface area contributed by atoms with Crippen molar-refractivity contribution in [2.75, 3.05) is 12.4 Å². The van der Waals surface area contributed by atoms with Crippen molar-refractivity contribution in [2.45, 2.75) is 3.79 Å². The molecule has 0 radical (unpaired) electrons. The number of hydrogen-bond acceptors (Lipinski definition) is 5. The lowest BCUT2D eigenvalue weighted by Crippen LogP contribution is -2.25. The Bertz CT molecular complexity index is 590. The van der Waals surface area contributed by atoms with E-state index in [1.165, 1.54) is 25.6 Å². The quantitative estimate of drug-likeness (QED) is 0.500. The molecule has 0 aliphatic heterocycles. The molecule has 0 unspecified atom stereocenters. The number of amides is 1. The van der Waals surface area contributed by atoms with Gasteiger partial charge in [0.05, 0.1) is 19.0 Å². The maximum Gasteiger partial charge on any atom is 0.268 e. The summed E-state index contributed by atoms with van der Waals surface area (Å²) in [5, 5.41) is 11.4. The summed E-state index contributed by atoms with van der Waals surface area (Å²) in [6.07, 6.45) is 2.82. The molecule has 0 atom stereocenters. The van der Waals surface area contributed by atoms with Crippen LogP contribution in [0.4, 0.5) is 5.69 Å². The van der Waals surface area contributed by atoms with Crippen LogP contribution in [-0.4, -0.2) is 21.8 Å². The van der Waals surface area contributed by atoms with Crippen molar-refractivity contribution in [2.24, 2.45) is 5.73 Å². The van der Waals surface area contributed by atoms with E-state index in [1.54, 1.807) is 6.07 Å². The Morgan fingerprint density at radius 2 is 2.20 bits per heavy atom. The lowest BCUT2D eigenvalue weighted by atomic mass is 10.2. The van der Waals surface area contributed by atoms with Crippen molar-refractivity contribution in [3.05, 3.63) is 29.7 Å². The van der Waals surface area contributed by atoms with E-state index in [4.69, 9.17) is 50.5 Å². The van der Waals surface area contributed by atoms with Crippen molar-refractivity contribution in [1.82, 2.24) is 4.98 Å². The van der Waals surface area contributed by atoms with Gasteiger partial charge in [0.15, 0.2) is 0 Å². The Kier molecular flexibility index (Phi) is 5.45. The van der Waals surface area contributed by atoms with Gasteiger partial charge in [0, 0.05) is 12.3 Å². The number of carbonyl (C=O) groups excluding carboxylic acids is 1. The van der Waals surface area contributed by atoms with E-state index in [-0.39, 0.29) is 5.69 Å². The summed E-state index contributed by atoms with van der Waals surface area (Å²) < 4.78 is 2.97. The summed E-state index contributed by atoms with van der Waals surface area (Å²) in [6, 6.07) is 3.13. The standard InChI is InChI=1S/C11H9Cl3N4O2/c1-20-8-2-3-17-5-7(8)18-10(19)6(4-15)9(16)11(12,13)14/h2-3,5H,16H2,1H3,(H,18,19)/b9-6-. The van der Waals surface area contributed by atoms with Gasteiger partial charge in [-0.15, -0.1) is 0 Å². The smallest absolute Gasteiger partial charge is 0.268 e. The summed E-state index contributed by atoms with van der Waals surface area (Å²) in [5.74, 6) is -0.472. The highest BCUT2D eigenvalue weighted by molar-refractivity contribution is 6.69. The topological polar surface area (TPSA) is 101 Å². The number of aromatic nitrogens is 1. The van der Waals surface area contributed by atoms with Crippen LogP contribution in [0, 0.1) is 11.3 Å². The summed E-state index contributed by atoms with van der Waals surface area (Å²) >= 11 is 16.6. The average molecular weight is 336 g/mol. The third kappa shape index (κ3) is 3.90. The van der Waals surface area contributed by atoms with Crippen LogP contribution in [0.3, 0.4) is 0 Å². The minimum absolute atomic E-state index is 0.255. The molecule has 0 aliphatic rings. The maximum absolute atomic E-state index is 12.0. The summed E-state index contributed by atoms with van der Waals surface area (Å²) in [7, 11) is 1.42. The third-order valence-corrected chi connectivity index (χ3v) is 2.77. The molecule has 3 N–H and O–H groups in total. The zero-order valence-electron chi connectivity index (χ0n) is 10.2. The van der Waals surface area contributed by atoms with E-state index in [0.29, 0.717) is 5.75 Å². The molecule has 0 bridgehead atoms. The van der Waals surface area contributed by atoms with Gasteiger partial charge >= 0.3 is 0 Å². The third-order valence-electron chi connectivity index (χ3n) is 2.16. The number of anilines is 1. The molecule has 1 heterocycles. The predicted octanol–water partition coefficient (Wildman–Crippen LogP) is 2.14. The number of halogens is 3. The summed E-state index contributed by atoms with van der Waals surface area (Å²) in [4.78, 5) is 15.8. The highest BCUT2D eigenvalue weighted by atomic mass is 35.6. The van der Waals surface area contributed by atoms with Gasteiger partial charge in [-0.1, -0.05) is 34.8 Å². The number of alkyl halides is 3. The van der Waals surface area contributed by atoms with Crippen LogP contribution in [0.2, 0.25) is 0 Å². The summed E-state index contributed by atoms with van der Waals surface area (Å²) in [6.45, 7) is 0. The maximum atomic E-state index is 12.0. The number of nitrogens with one attached hydrogen (secondary N) is 1. The van der Waals surface area contributed by atoms with Gasteiger partial charge in [0.1, 0.15) is 23.1 Å². The van der Waals surface area contributed by atoms with Crippen LogP contribution in [0.25, 0.3) is 0 Å². The van der Waals surface area contributed by atoms with Gasteiger partial charge in [-0.2, -0.15) is 5.26 Å². The number of allylic oxidation sites excluding steroid dienone is 1. The van der Waals surface area contributed by atoms with Gasteiger partial charge < -0.3 is 15.8 Å². The Morgan fingerprint density at radius 1 is 1.55 bits per heavy atom. The highest BCUT2D eigenvalue weighted by Gasteiger charge is 2.30. The number of hydrogen-bond donors (Lipinski definition) is 2. The lowest BCUT2D eigenvalue weighted by Gasteiger charge is -2.14. The van der Waals surface area contributed by atoms with Gasteiger partial charge in [0.2, 0.25) is 3.79 Å². The van der Waals surface area contributed by atoms with E-state index < -0.39 is 21.0 Å². The minimum Gasteiger partial charge on any atom is -0.494 e. The van der Waals surface area contributed by atoms with E-state index in [1.807, 2.05) is 0 Å². The Balaban J connectivity index is 3.10. The van der Waals surface area contributed by atoms with Crippen LogP contribution >= 0.6 is 34.8 Å². The molecule has 20 heavy (non-hydrogen) atoms. The number of rotatable bonds is 3. The van der Waals surface area contributed by atoms with Gasteiger partial charge in [-0.25, -0.2) is 0 Å². The van der Waals surface area contributed by atoms with E-state index in [9.17, 15) is 4.79 Å². The molecule has 0 aliphatic carbocycles. The number of nitrogens with two attached hydrogens (primary N) is 1. The lowest BCUT2D eigenvalue weighted by molar-refractivity contribution is -0.112. The molecule has 9 heteroatoms. The number of carbonyl (C=O) groups is 1. The van der Waals surface area contributed by atoms with Crippen LogP contribution in [0.15, 0.2) is 29.7 Å². The molecule has 1 aromatic rings. The first-order chi connectivity index (χ1) is 9.31. The molecule has 106 valence electrons. The number of nitrogens with zero attached hydrogens (tertiary/aromatic N) is 2. The fraction of sp³-hybridized carbons (Fsp3) is 0.182. The number of methoxy groups -OCH3 is 1. The predicted molar refractivity (Wildman–Crippen MR) is 76.5 cm³/mol. The highest BCUT2D eigenvalue weighted by Crippen LogP contribution is 2.33. The van der Waals surface area contributed by atoms with Crippen LogP contribution in [-0.2, 0) is 4.79 Å². The van der Waals surface area contributed by atoms with Crippen molar-refractivity contribution in [3.63, 3.8) is 0 Å². The molecule has 0 fully saturated rings. The average Bonchev–Trinajstić information content (AvgIpc) is 2.39. The van der Waals surface area contributed by atoms with E-state index in [0.717, 1.165) is 0 Å². The van der Waals surface area contributed by atoms with Gasteiger partial charge in [-0.3, -0.25) is 9.78 Å². The molecule has 1 aromatic heterocycles. The molecule has 0 aromatic carbocycles. The van der Waals surface area contributed by atoms with E-state index in [2.05, 4.69) is 10.3 Å². The first-order valence-electron chi connectivity index (χ1n) is 5.07. The number of nitriles is 1. The molecule has 0 saturated carbocycles. The molecule has 0 saturated heterocycles. The van der Waals surface area contributed by atoms with Crippen molar-refractivity contribution < 1.29 is 9.53 Å². The second-order valence-electron chi connectivity index (χ2n) is 3.43. The van der Waals surface area contributed by atoms with Gasteiger partial charge in [0.25, 0.3) is 5.91 Å². The van der Waals surface area contributed by atoms with Crippen molar-refractivity contribution >= 4 is 46.4 Å². The Morgan fingerprint density at radius 3 is 2.70 bits per heavy atom. The Labute approximate surface area is 130 Å². The molecular formula is C11H9Cl3N4O2.